The van der Waals surface area contributed by atoms with Crippen molar-refractivity contribution < 1.29 is 9.84 Å². The van der Waals surface area contributed by atoms with Gasteiger partial charge < -0.3 is 14.7 Å². The molecule has 1 aromatic carbocycles. The van der Waals surface area contributed by atoms with Crippen molar-refractivity contribution in [2.45, 2.75) is 20.3 Å². The molecule has 0 saturated heterocycles. The first kappa shape index (κ1) is 12.8. The lowest BCUT2D eigenvalue weighted by atomic mass is 10.2. The van der Waals surface area contributed by atoms with E-state index in [0.29, 0.717) is 6.54 Å². The average molecular weight is 223 g/mol. The first-order valence-electron chi connectivity index (χ1n) is 5.73. The molecule has 0 radical (unpaired) electrons. The Hall–Kier alpha value is -1.22. The lowest BCUT2D eigenvalue weighted by molar-refractivity contribution is 0.301. The maximum atomic E-state index is 9.08. The molecule has 1 N–H and O–H groups in total. The highest BCUT2D eigenvalue weighted by Crippen LogP contribution is 2.29. The number of hydrogen-bond donors (Lipinski definition) is 1. The van der Waals surface area contributed by atoms with Crippen molar-refractivity contribution in [1.82, 2.24) is 0 Å². The van der Waals surface area contributed by atoms with Gasteiger partial charge in [0.1, 0.15) is 5.75 Å². The van der Waals surface area contributed by atoms with Crippen LogP contribution in [0.3, 0.4) is 0 Å². The summed E-state index contributed by atoms with van der Waals surface area (Å²) in [4.78, 5) is 2.16. The highest BCUT2D eigenvalue weighted by Gasteiger charge is 2.10. The van der Waals surface area contributed by atoms with Gasteiger partial charge in [-0.1, -0.05) is 13.0 Å². The molecule has 0 aliphatic carbocycles. The molecule has 0 aliphatic rings. The molecule has 0 bridgehead atoms. The Bertz CT molecular complexity index is 320. The van der Waals surface area contributed by atoms with Crippen LogP contribution >= 0.6 is 0 Å². The van der Waals surface area contributed by atoms with Gasteiger partial charge in [0.15, 0.2) is 0 Å². The van der Waals surface area contributed by atoms with Gasteiger partial charge in [-0.05, 0) is 31.0 Å². The van der Waals surface area contributed by atoms with Gasteiger partial charge in [0.05, 0.1) is 19.4 Å². The molecule has 0 heterocycles. The summed E-state index contributed by atoms with van der Waals surface area (Å²) in [7, 11) is 1.68. The minimum atomic E-state index is 0.164. The van der Waals surface area contributed by atoms with Crippen LogP contribution in [0, 0.1) is 6.92 Å². The molecule has 0 fully saturated rings. The molecule has 1 rings (SSSR count). The van der Waals surface area contributed by atoms with Crippen LogP contribution in [0.5, 0.6) is 5.75 Å². The first-order valence-corrected chi connectivity index (χ1v) is 5.73. The summed E-state index contributed by atoms with van der Waals surface area (Å²) in [6.45, 7) is 5.93. The van der Waals surface area contributed by atoms with E-state index in [1.165, 1.54) is 5.56 Å². The third-order valence-corrected chi connectivity index (χ3v) is 2.54. The second-order valence-electron chi connectivity index (χ2n) is 3.89. The summed E-state index contributed by atoms with van der Waals surface area (Å²) in [5.74, 6) is 0.868. The van der Waals surface area contributed by atoms with E-state index < -0.39 is 0 Å². The van der Waals surface area contributed by atoms with Crippen molar-refractivity contribution in [3.63, 3.8) is 0 Å². The third-order valence-electron chi connectivity index (χ3n) is 2.54. The van der Waals surface area contributed by atoms with Crippen LogP contribution in [0.2, 0.25) is 0 Å². The minimum Gasteiger partial charge on any atom is -0.495 e. The predicted octanol–water partition coefficient (Wildman–Crippen LogP) is 2.21. The van der Waals surface area contributed by atoms with Crippen LogP contribution in [0.4, 0.5) is 5.69 Å². The molecular weight excluding hydrogens is 202 g/mol. The van der Waals surface area contributed by atoms with Crippen molar-refractivity contribution in [1.29, 1.82) is 0 Å². The summed E-state index contributed by atoms with van der Waals surface area (Å²) in [5.41, 5.74) is 2.27. The number of nitrogens with zero attached hydrogens (tertiary/aromatic N) is 1. The molecule has 16 heavy (non-hydrogen) atoms. The van der Waals surface area contributed by atoms with Crippen molar-refractivity contribution in [2.24, 2.45) is 0 Å². The fraction of sp³-hybridized carbons (Fsp3) is 0.538. The summed E-state index contributed by atoms with van der Waals surface area (Å²) in [5, 5.41) is 9.08. The Morgan fingerprint density at radius 2 is 2.06 bits per heavy atom. The molecule has 0 saturated carbocycles. The first-order chi connectivity index (χ1) is 7.72. The maximum Gasteiger partial charge on any atom is 0.142 e. The molecule has 0 amide bonds. The summed E-state index contributed by atoms with van der Waals surface area (Å²) < 4.78 is 5.35. The topological polar surface area (TPSA) is 32.7 Å². The summed E-state index contributed by atoms with van der Waals surface area (Å²) in [6.07, 6.45) is 1.05. The Morgan fingerprint density at radius 3 is 2.62 bits per heavy atom. The standard InChI is InChI=1S/C13H21NO2/c1-4-7-14(8-9-15)12-10-11(2)5-6-13(12)16-3/h5-6,10,15H,4,7-9H2,1-3H3. The monoisotopic (exact) mass is 223 g/mol. The van der Waals surface area contributed by atoms with Gasteiger partial charge in [-0.15, -0.1) is 0 Å². The number of aliphatic hydroxyl groups is 1. The largest absolute Gasteiger partial charge is 0.495 e. The van der Waals surface area contributed by atoms with E-state index in [-0.39, 0.29) is 6.61 Å². The number of benzene rings is 1. The van der Waals surface area contributed by atoms with Gasteiger partial charge >= 0.3 is 0 Å². The zero-order chi connectivity index (χ0) is 12.0. The number of aliphatic hydroxyl groups excluding tert-OH is 1. The smallest absolute Gasteiger partial charge is 0.142 e. The SMILES string of the molecule is CCCN(CCO)c1cc(C)ccc1OC. The van der Waals surface area contributed by atoms with Gasteiger partial charge in [0.2, 0.25) is 0 Å². The van der Waals surface area contributed by atoms with Gasteiger partial charge in [0, 0.05) is 13.1 Å². The van der Waals surface area contributed by atoms with E-state index in [1.54, 1.807) is 7.11 Å². The van der Waals surface area contributed by atoms with Crippen molar-refractivity contribution >= 4 is 5.69 Å². The number of methoxy groups -OCH3 is 1. The molecule has 0 atom stereocenters. The minimum absolute atomic E-state index is 0.164. The van der Waals surface area contributed by atoms with Crippen LogP contribution in [-0.4, -0.2) is 31.9 Å². The van der Waals surface area contributed by atoms with Crippen molar-refractivity contribution in [2.75, 3.05) is 31.7 Å². The highest BCUT2D eigenvalue weighted by molar-refractivity contribution is 5.60. The number of anilines is 1. The van der Waals surface area contributed by atoms with E-state index in [1.807, 2.05) is 12.1 Å². The number of aryl methyl sites for hydroxylation is 1. The van der Waals surface area contributed by atoms with E-state index in [0.717, 1.165) is 24.4 Å². The molecule has 1 aromatic rings. The molecule has 90 valence electrons. The molecule has 0 unspecified atom stereocenters. The van der Waals surface area contributed by atoms with Crippen molar-refractivity contribution in [3.8, 4) is 5.75 Å². The van der Waals surface area contributed by atoms with Crippen LogP contribution in [0.1, 0.15) is 18.9 Å². The van der Waals surface area contributed by atoms with E-state index in [2.05, 4.69) is 24.8 Å². The Balaban J connectivity index is 3.00. The van der Waals surface area contributed by atoms with Crippen LogP contribution in [0.15, 0.2) is 18.2 Å². The number of rotatable bonds is 6. The predicted molar refractivity (Wildman–Crippen MR) is 67.3 cm³/mol. The molecule has 0 aliphatic heterocycles. The number of hydrogen-bond acceptors (Lipinski definition) is 3. The van der Waals surface area contributed by atoms with E-state index in [4.69, 9.17) is 9.84 Å². The Morgan fingerprint density at radius 1 is 1.31 bits per heavy atom. The van der Waals surface area contributed by atoms with Crippen LogP contribution < -0.4 is 9.64 Å². The second-order valence-corrected chi connectivity index (χ2v) is 3.89. The molecule has 3 heteroatoms. The average Bonchev–Trinajstić information content (AvgIpc) is 2.29. The fourth-order valence-electron chi connectivity index (χ4n) is 1.79. The van der Waals surface area contributed by atoms with Gasteiger partial charge in [-0.3, -0.25) is 0 Å². The Labute approximate surface area is 97.7 Å². The van der Waals surface area contributed by atoms with Gasteiger partial charge in [-0.2, -0.15) is 0 Å². The quantitative estimate of drug-likeness (QED) is 0.802. The van der Waals surface area contributed by atoms with Crippen LogP contribution in [-0.2, 0) is 0 Å². The maximum absolute atomic E-state index is 9.08. The molecular formula is C13H21NO2. The van der Waals surface area contributed by atoms with Crippen LogP contribution in [0.25, 0.3) is 0 Å². The van der Waals surface area contributed by atoms with Crippen molar-refractivity contribution in [3.05, 3.63) is 23.8 Å². The van der Waals surface area contributed by atoms with E-state index in [9.17, 15) is 0 Å². The Kier molecular flexibility index (Phi) is 5.12. The zero-order valence-electron chi connectivity index (χ0n) is 10.4. The lowest BCUT2D eigenvalue weighted by Gasteiger charge is -2.25. The fourth-order valence-corrected chi connectivity index (χ4v) is 1.79. The molecule has 0 spiro atoms. The van der Waals surface area contributed by atoms with E-state index >= 15 is 0 Å². The van der Waals surface area contributed by atoms with Gasteiger partial charge in [0.25, 0.3) is 0 Å². The molecule has 0 aromatic heterocycles. The molecule has 3 nitrogen and oxygen atoms in total. The summed E-state index contributed by atoms with van der Waals surface area (Å²) >= 11 is 0. The zero-order valence-corrected chi connectivity index (χ0v) is 10.4. The normalized spacial score (nSPS) is 10.2. The van der Waals surface area contributed by atoms with Gasteiger partial charge in [-0.25, -0.2) is 0 Å². The summed E-state index contributed by atoms with van der Waals surface area (Å²) in [6, 6.07) is 6.11. The lowest BCUT2D eigenvalue weighted by Crippen LogP contribution is -2.27. The second kappa shape index (κ2) is 6.38. The number of ether oxygens (including phenoxy) is 1. The highest BCUT2D eigenvalue weighted by atomic mass is 16.5. The third kappa shape index (κ3) is 3.14.